The highest BCUT2D eigenvalue weighted by Gasteiger charge is 2.47. The Bertz CT molecular complexity index is 1520. The zero-order valence-corrected chi connectivity index (χ0v) is 18.2. The molecule has 8 nitrogen and oxygen atoms in total. The van der Waals surface area contributed by atoms with Crippen LogP contribution in [0.2, 0.25) is 0 Å². The predicted molar refractivity (Wildman–Crippen MR) is 125 cm³/mol. The molecule has 0 bridgehead atoms. The number of amides is 1. The first-order valence-corrected chi connectivity index (χ1v) is 10.8. The quantitative estimate of drug-likeness (QED) is 0.369. The molecule has 2 aromatic carbocycles. The van der Waals surface area contributed by atoms with Gasteiger partial charge in [0.05, 0.1) is 18.8 Å². The number of furan rings is 1. The van der Waals surface area contributed by atoms with E-state index in [1.165, 1.54) is 0 Å². The molecule has 1 fully saturated rings. The van der Waals surface area contributed by atoms with Gasteiger partial charge in [-0.15, -0.1) is 0 Å². The van der Waals surface area contributed by atoms with Crippen LogP contribution in [0, 0.1) is 0 Å². The van der Waals surface area contributed by atoms with E-state index in [2.05, 4.69) is 25.5 Å². The summed E-state index contributed by atoms with van der Waals surface area (Å²) in [6, 6.07) is 18.4. The van der Waals surface area contributed by atoms with Crippen LogP contribution in [0.3, 0.4) is 0 Å². The molecule has 0 aliphatic carbocycles. The van der Waals surface area contributed by atoms with E-state index in [0.717, 1.165) is 21.8 Å². The van der Waals surface area contributed by atoms with Crippen LogP contribution in [0.5, 0.6) is 0 Å². The van der Waals surface area contributed by atoms with Crippen molar-refractivity contribution < 1.29 is 18.0 Å². The third-order valence-electron chi connectivity index (χ3n) is 5.75. The number of anilines is 2. The topological polar surface area (TPSA) is 99.9 Å². The lowest BCUT2D eigenvalue weighted by molar-refractivity contribution is -0.113. The number of rotatable bonds is 5. The van der Waals surface area contributed by atoms with Crippen LogP contribution >= 0.6 is 0 Å². The van der Waals surface area contributed by atoms with Crippen molar-refractivity contribution in [3.63, 3.8) is 0 Å². The van der Waals surface area contributed by atoms with Gasteiger partial charge in [-0.05, 0) is 42.0 Å². The van der Waals surface area contributed by atoms with Crippen LogP contribution < -0.4 is 5.32 Å². The second-order valence-electron chi connectivity index (χ2n) is 8.32. The second kappa shape index (κ2) is 8.01. The number of H-pyrrole nitrogens is 1. The van der Waals surface area contributed by atoms with E-state index in [1.807, 2.05) is 36.4 Å². The van der Waals surface area contributed by atoms with Gasteiger partial charge < -0.3 is 14.6 Å². The van der Waals surface area contributed by atoms with Crippen LogP contribution in [-0.2, 0) is 0 Å². The molecule has 4 heterocycles. The van der Waals surface area contributed by atoms with E-state index >= 15 is 0 Å². The third-order valence-corrected chi connectivity index (χ3v) is 5.75. The van der Waals surface area contributed by atoms with Gasteiger partial charge in [-0.3, -0.25) is 9.89 Å². The van der Waals surface area contributed by atoms with Crippen LogP contribution in [-0.4, -0.2) is 50.0 Å². The number of carbonyl (C=O) groups is 1. The number of aromatic nitrogens is 4. The molecule has 1 saturated heterocycles. The molecule has 1 aliphatic heterocycles. The molecule has 0 unspecified atom stereocenters. The fourth-order valence-electron chi connectivity index (χ4n) is 3.95. The summed E-state index contributed by atoms with van der Waals surface area (Å²) in [5.74, 6) is -2.26. The lowest BCUT2D eigenvalue weighted by atomic mass is 10.1. The Hall–Kier alpha value is -4.60. The molecule has 1 amide bonds. The molecular formula is C25H18F2N6O2. The Morgan fingerprint density at radius 2 is 1.80 bits per heavy atom. The molecule has 5 aromatic rings. The number of hydrogen-bond donors (Lipinski definition) is 2. The van der Waals surface area contributed by atoms with Gasteiger partial charge in [0, 0.05) is 29.0 Å². The number of halogens is 2. The van der Waals surface area contributed by atoms with Crippen molar-refractivity contribution in [2.75, 3.05) is 18.4 Å². The summed E-state index contributed by atoms with van der Waals surface area (Å²) in [6.45, 7) is -1.18. The number of alkyl halides is 2. The zero-order chi connectivity index (χ0) is 24.0. The minimum absolute atomic E-state index is 0.0302. The fourth-order valence-corrected chi connectivity index (χ4v) is 3.95. The van der Waals surface area contributed by atoms with E-state index in [1.54, 1.807) is 36.7 Å². The highest BCUT2D eigenvalue weighted by molar-refractivity contribution is 5.97. The van der Waals surface area contributed by atoms with Crippen LogP contribution in [0.4, 0.5) is 20.3 Å². The predicted octanol–water partition coefficient (Wildman–Crippen LogP) is 5.11. The molecule has 0 spiro atoms. The minimum Gasteiger partial charge on any atom is -0.451 e. The van der Waals surface area contributed by atoms with Gasteiger partial charge >= 0.3 is 0 Å². The van der Waals surface area contributed by atoms with Crippen molar-refractivity contribution in [2.45, 2.75) is 5.92 Å². The average molecular weight is 472 g/mol. The van der Waals surface area contributed by atoms with Gasteiger partial charge in [0.2, 0.25) is 0 Å². The molecule has 0 saturated carbocycles. The lowest BCUT2D eigenvalue weighted by Crippen LogP contribution is -2.58. The highest BCUT2D eigenvalue weighted by atomic mass is 19.3. The lowest BCUT2D eigenvalue weighted by Gasteiger charge is -2.37. The van der Waals surface area contributed by atoms with E-state index < -0.39 is 24.9 Å². The summed E-state index contributed by atoms with van der Waals surface area (Å²) in [5.41, 5.74) is 3.96. The highest BCUT2D eigenvalue weighted by Crippen LogP contribution is 2.31. The molecule has 35 heavy (non-hydrogen) atoms. The van der Waals surface area contributed by atoms with Crippen molar-refractivity contribution in [3.8, 4) is 22.6 Å². The monoisotopic (exact) mass is 472 g/mol. The Balaban J connectivity index is 1.21. The smallest absolute Gasteiger partial charge is 0.290 e. The van der Waals surface area contributed by atoms with E-state index in [4.69, 9.17) is 4.42 Å². The number of aromatic amines is 1. The number of hydrogen-bond acceptors (Lipinski definition) is 6. The first-order valence-electron chi connectivity index (χ1n) is 10.8. The van der Waals surface area contributed by atoms with Crippen LogP contribution in [0.25, 0.3) is 33.6 Å². The number of likely N-dealkylation sites (tertiary alicyclic amines) is 1. The van der Waals surface area contributed by atoms with Gasteiger partial charge in [-0.1, -0.05) is 24.3 Å². The maximum Gasteiger partial charge on any atom is 0.290 e. The molecule has 0 atom stereocenters. The molecule has 3 aromatic heterocycles. The normalized spacial score (nSPS) is 14.6. The first kappa shape index (κ1) is 21.0. The Morgan fingerprint density at radius 3 is 2.54 bits per heavy atom. The summed E-state index contributed by atoms with van der Waals surface area (Å²) in [7, 11) is 0. The summed E-state index contributed by atoms with van der Waals surface area (Å²) >= 11 is 0. The maximum atomic E-state index is 13.1. The molecule has 174 valence electrons. The van der Waals surface area contributed by atoms with E-state index in [9.17, 15) is 13.6 Å². The van der Waals surface area contributed by atoms with Crippen LogP contribution in [0.15, 0.2) is 77.5 Å². The molecule has 2 N–H and O–H groups in total. The average Bonchev–Trinajstić information content (AvgIpc) is 3.52. The fraction of sp³-hybridized carbons (Fsp3) is 0.120. The van der Waals surface area contributed by atoms with Crippen LogP contribution in [0.1, 0.15) is 10.6 Å². The Labute approximate surface area is 197 Å². The number of benzene rings is 2. The Kier molecular flexibility index (Phi) is 4.80. The van der Waals surface area contributed by atoms with Gasteiger partial charge in [0.1, 0.15) is 11.4 Å². The molecule has 1 aliphatic rings. The zero-order valence-electron chi connectivity index (χ0n) is 18.2. The van der Waals surface area contributed by atoms with Gasteiger partial charge in [0.25, 0.3) is 11.8 Å². The number of nitrogens with zero attached hydrogens (tertiary/aromatic N) is 4. The summed E-state index contributed by atoms with van der Waals surface area (Å²) < 4.78 is 31.9. The van der Waals surface area contributed by atoms with Crippen molar-refractivity contribution >= 4 is 28.4 Å². The summed E-state index contributed by atoms with van der Waals surface area (Å²) in [4.78, 5) is 22.4. The molecular weight excluding hydrogens is 454 g/mol. The number of nitrogens with one attached hydrogen (secondary N) is 2. The van der Waals surface area contributed by atoms with Gasteiger partial charge in [-0.25, -0.2) is 18.7 Å². The van der Waals surface area contributed by atoms with Crippen molar-refractivity contribution in [1.29, 1.82) is 0 Å². The van der Waals surface area contributed by atoms with Crippen molar-refractivity contribution in [2.24, 2.45) is 0 Å². The minimum atomic E-state index is -2.83. The van der Waals surface area contributed by atoms with Gasteiger partial charge in [0.15, 0.2) is 11.6 Å². The van der Waals surface area contributed by atoms with Crippen molar-refractivity contribution in [3.05, 3.63) is 78.8 Å². The van der Waals surface area contributed by atoms with E-state index in [-0.39, 0.29) is 5.76 Å². The first-order chi connectivity index (χ1) is 16.9. The Morgan fingerprint density at radius 1 is 1.00 bits per heavy atom. The SMILES string of the molecule is O=C(c1cc2ccc(-c3nccc(Nc4ccc(-c5ccn[nH]5)cc4)n3)cc2o1)N1CC(F)(F)C1. The standard InChI is InChI=1S/C25H18F2N6O2/c26-25(27)13-33(14-25)24(34)21-11-16-1-2-17(12-20(16)35-21)23-28-9-8-22(31-23)30-18-5-3-15(4-6-18)19-7-10-29-32-19/h1-12H,13-14H2,(H,29,32)(H,28,30,31). The maximum absolute atomic E-state index is 13.1. The molecule has 0 radical (unpaired) electrons. The number of fused-ring (bicyclic) bond motifs is 1. The summed E-state index contributed by atoms with van der Waals surface area (Å²) in [6.07, 6.45) is 3.35. The van der Waals surface area contributed by atoms with Crippen molar-refractivity contribution in [1.82, 2.24) is 25.1 Å². The second-order valence-corrected chi connectivity index (χ2v) is 8.32. The van der Waals surface area contributed by atoms with Gasteiger partial charge in [-0.2, -0.15) is 5.10 Å². The largest absolute Gasteiger partial charge is 0.451 e. The molecule has 6 rings (SSSR count). The third kappa shape index (κ3) is 4.10. The van der Waals surface area contributed by atoms with E-state index in [0.29, 0.717) is 28.2 Å². The summed E-state index contributed by atoms with van der Waals surface area (Å²) in [5, 5.41) is 10.9. The number of carbonyl (C=O) groups excluding carboxylic acids is 1. The molecule has 10 heteroatoms.